The molecule has 3 N–H and O–H groups in total. The highest BCUT2D eigenvalue weighted by molar-refractivity contribution is 9.10. The van der Waals surface area contributed by atoms with E-state index in [9.17, 15) is 18.0 Å². The van der Waals surface area contributed by atoms with Gasteiger partial charge >= 0.3 is 0 Å². The SMILES string of the molecule is O=C(NC1CCCCCCC1)c1ccc2c(c1)NC(=O)[C@@H](CS(=O)(=O)Cc1cccc(Br)c1)N2. The Morgan fingerprint density at radius 2 is 1.74 bits per heavy atom. The average Bonchev–Trinajstić information content (AvgIpc) is 2.75. The van der Waals surface area contributed by atoms with E-state index >= 15 is 0 Å². The third kappa shape index (κ3) is 6.60. The highest BCUT2D eigenvalue weighted by atomic mass is 79.9. The molecule has 2 aliphatic rings. The number of hydrogen-bond acceptors (Lipinski definition) is 5. The summed E-state index contributed by atoms with van der Waals surface area (Å²) in [5.41, 5.74) is 2.22. The topological polar surface area (TPSA) is 104 Å². The van der Waals surface area contributed by atoms with Crippen LogP contribution < -0.4 is 16.0 Å². The molecule has 0 saturated heterocycles. The van der Waals surface area contributed by atoms with Gasteiger partial charge < -0.3 is 16.0 Å². The molecule has 2 aromatic carbocycles. The van der Waals surface area contributed by atoms with Crippen molar-refractivity contribution in [3.63, 3.8) is 0 Å². The van der Waals surface area contributed by atoms with Gasteiger partial charge in [0.2, 0.25) is 5.91 Å². The van der Waals surface area contributed by atoms with Gasteiger partial charge in [-0.15, -0.1) is 0 Å². The van der Waals surface area contributed by atoms with Gasteiger partial charge in [-0.25, -0.2) is 8.42 Å². The zero-order valence-corrected chi connectivity index (χ0v) is 21.4. The van der Waals surface area contributed by atoms with Crippen molar-refractivity contribution < 1.29 is 18.0 Å². The minimum Gasteiger partial charge on any atom is -0.371 e. The third-order valence-electron chi connectivity index (χ3n) is 6.32. The second-order valence-electron chi connectivity index (χ2n) is 9.15. The van der Waals surface area contributed by atoms with Crippen molar-refractivity contribution in [2.75, 3.05) is 16.4 Å². The number of halogens is 1. The lowest BCUT2D eigenvalue weighted by Crippen LogP contribution is -2.43. The number of amides is 2. The van der Waals surface area contributed by atoms with Crippen molar-refractivity contribution in [3.05, 3.63) is 58.1 Å². The van der Waals surface area contributed by atoms with Gasteiger partial charge in [0.15, 0.2) is 9.84 Å². The van der Waals surface area contributed by atoms with Crippen molar-refractivity contribution in [1.82, 2.24) is 5.32 Å². The molecule has 1 atom stereocenters. The molecule has 7 nitrogen and oxygen atoms in total. The van der Waals surface area contributed by atoms with Gasteiger partial charge in [-0.1, -0.05) is 60.2 Å². The van der Waals surface area contributed by atoms with E-state index in [4.69, 9.17) is 0 Å². The van der Waals surface area contributed by atoms with E-state index in [1.54, 1.807) is 36.4 Å². The summed E-state index contributed by atoms with van der Waals surface area (Å²) in [7, 11) is -3.54. The Bertz CT molecular complexity index is 1160. The summed E-state index contributed by atoms with van der Waals surface area (Å²) in [6.45, 7) is 0. The Kier molecular flexibility index (Phi) is 7.93. The predicted octanol–water partition coefficient (Wildman–Crippen LogP) is 4.64. The van der Waals surface area contributed by atoms with Gasteiger partial charge in [-0.2, -0.15) is 0 Å². The Balaban J connectivity index is 1.40. The monoisotopic (exact) mass is 547 g/mol. The van der Waals surface area contributed by atoms with E-state index in [0.29, 0.717) is 22.5 Å². The number of nitrogens with one attached hydrogen (secondary N) is 3. The first-order valence-corrected chi connectivity index (χ1v) is 14.4. The molecule has 0 unspecified atom stereocenters. The quantitative estimate of drug-likeness (QED) is 0.488. The minimum absolute atomic E-state index is 0.148. The average molecular weight is 549 g/mol. The summed E-state index contributed by atoms with van der Waals surface area (Å²) in [6, 6.07) is 11.4. The fraction of sp³-hybridized carbons (Fsp3) is 0.440. The largest absolute Gasteiger partial charge is 0.371 e. The number of carbonyl (C=O) groups is 2. The first-order chi connectivity index (χ1) is 16.3. The number of hydrogen-bond donors (Lipinski definition) is 3. The minimum atomic E-state index is -3.54. The lowest BCUT2D eigenvalue weighted by molar-refractivity contribution is -0.116. The molecule has 1 saturated carbocycles. The molecule has 0 radical (unpaired) electrons. The van der Waals surface area contributed by atoms with Gasteiger partial charge in [-0.05, 0) is 48.7 Å². The second kappa shape index (κ2) is 10.9. The van der Waals surface area contributed by atoms with E-state index in [-0.39, 0.29) is 23.5 Å². The summed E-state index contributed by atoms with van der Waals surface area (Å²) >= 11 is 3.35. The lowest BCUT2D eigenvalue weighted by atomic mass is 9.96. The summed E-state index contributed by atoms with van der Waals surface area (Å²) in [5, 5.41) is 8.93. The van der Waals surface area contributed by atoms with Crippen LogP contribution in [-0.2, 0) is 20.4 Å². The molecule has 2 amide bonds. The number of rotatable bonds is 6. The summed E-state index contributed by atoms with van der Waals surface area (Å²) in [6.07, 6.45) is 7.92. The van der Waals surface area contributed by atoms with Crippen LogP contribution in [0.25, 0.3) is 0 Å². The van der Waals surface area contributed by atoms with Crippen molar-refractivity contribution in [3.8, 4) is 0 Å². The highest BCUT2D eigenvalue weighted by Gasteiger charge is 2.31. The Hall–Kier alpha value is -2.39. The molecule has 1 aliphatic heterocycles. The molecule has 1 fully saturated rings. The van der Waals surface area contributed by atoms with Crippen molar-refractivity contribution >= 4 is 49.0 Å². The lowest BCUT2D eigenvalue weighted by Gasteiger charge is -2.27. The normalized spacial score (nSPS) is 19.2. The summed E-state index contributed by atoms with van der Waals surface area (Å²) < 4.78 is 26.3. The predicted molar refractivity (Wildman–Crippen MR) is 138 cm³/mol. The van der Waals surface area contributed by atoms with Crippen LogP contribution in [0.1, 0.15) is 60.9 Å². The molecular weight excluding hydrogens is 518 g/mol. The molecule has 0 aromatic heterocycles. The van der Waals surface area contributed by atoms with Crippen LogP contribution in [0.15, 0.2) is 46.9 Å². The molecule has 0 bridgehead atoms. The van der Waals surface area contributed by atoms with Crippen LogP contribution in [0.4, 0.5) is 11.4 Å². The van der Waals surface area contributed by atoms with Gasteiger partial charge in [-0.3, -0.25) is 9.59 Å². The zero-order chi connectivity index (χ0) is 24.1. The maximum absolute atomic E-state index is 12.8. The Morgan fingerprint density at radius 1 is 1.00 bits per heavy atom. The van der Waals surface area contributed by atoms with E-state index in [2.05, 4.69) is 31.9 Å². The van der Waals surface area contributed by atoms with E-state index < -0.39 is 21.8 Å². The Labute approximate surface area is 209 Å². The fourth-order valence-electron chi connectivity index (χ4n) is 4.57. The van der Waals surface area contributed by atoms with Crippen molar-refractivity contribution in [2.24, 2.45) is 0 Å². The number of fused-ring (bicyclic) bond motifs is 1. The van der Waals surface area contributed by atoms with Crippen LogP contribution in [0.2, 0.25) is 0 Å². The number of carbonyl (C=O) groups excluding carboxylic acids is 2. The van der Waals surface area contributed by atoms with E-state index in [0.717, 1.165) is 30.2 Å². The molecule has 0 spiro atoms. The summed E-state index contributed by atoms with van der Waals surface area (Å²) in [4.78, 5) is 25.5. The molecule has 182 valence electrons. The maximum Gasteiger partial charge on any atom is 0.251 e. The molecular formula is C25H30BrN3O4S. The van der Waals surface area contributed by atoms with E-state index in [1.165, 1.54) is 19.3 Å². The smallest absolute Gasteiger partial charge is 0.251 e. The first-order valence-electron chi connectivity index (χ1n) is 11.8. The number of benzene rings is 2. The van der Waals surface area contributed by atoms with Gasteiger partial charge in [0, 0.05) is 16.1 Å². The van der Waals surface area contributed by atoms with Crippen LogP contribution in [0.3, 0.4) is 0 Å². The molecule has 1 heterocycles. The number of anilines is 2. The van der Waals surface area contributed by atoms with Crippen LogP contribution in [0, 0.1) is 0 Å². The standard InChI is InChI=1S/C25H30BrN3O4S/c26-19-8-6-7-17(13-19)15-34(32,33)16-23-25(31)29-22-14-18(11-12-21(22)28-23)24(30)27-20-9-4-2-1-3-5-10-20/h6-8,11-14,20,23,28H,1-5,9-10,15-16H2,(H,27,30)(H,29,31)/t23-/m1/s1. The fourth-order valence-corrected chi connectivity index (χ4v) is 6.56. The maximum atomic E-state index is 12.8. The van der Waals surface area contributed by atoms with Crippen molar-refractivity contribution in [2.45, 2.75) is 62.8 Å². The van der Waals surface area contributed by atoms with Gasteiger partial charge in [0.25, 0.3) is 5.91 Å². The molecule has 2 aromatic rings. The zero-order valence-electron chi connectivity index (χ0n) is 19.0. The van der Waals surface area contributed by atoms with E-state index in [1.807, 2.05) is 6.07 Å². The summed E-state index contributed by atoms with van der Waals surface area (Å²) in [5.74, 6) is -1.05. The van der Waals surface area contributed by atoms with Crippen LogP contribution >= 0.6 is 15.9 Å². The van der Waals surface area contributed by atoms with Gasteiger partial charge in [0.1, 0.15) is 6.04 Å². The highest BCUT2D eigenvalue weighted by Crippen LogP contribution is 2.29. The Morgan fingerprint density at radius 3 is 2.47 bits per heavy atom. The number of sulfone groups is 1. The molecule has 1 aliphatic carbocycles. The van der Waals surface area contributed by atoms with Crippen LogP contribution in [0.5, 0.6) is 0 Å². The first kappa shape index (κ1) is 24.7. The van der Waals surface area contributed by atoms with Gasteiger partial charge in [0.05, 0.1) is 22.9 Å². The molecule has 9 heteroatoms. The second-order valence-corrected chi connectivity index (χ2v) is 12.2. The molecule has 4 rings (SSSR count). The van der Waals surface area contributed by atoms with Crippen LogP contribution in [-0.4, -0.2) is 38.1 Å². The van der Waals surface area contributed by atoms with Crippen molar-refractivity contribution in [1.29, 1.82) is 0 Å². The third-order valence-corrected chi connectivity index (χ3v) is 8.43. The molecule has 34 heavy (non-hydrogen) atoms.